The largest absolute Gasteiger partial charge is 0.470 e. The van der Waals surface area contributed by atoms with E-state index in [4.69, 9.17) is 4.52 Å². The van der Waals surface area contributed by atoms with Gasteiger partial charge in [-0.25, -0.2) is 4.57 Å². The van der Waals surface area contributed by atoms with Gasteiger partial charge in [-0.05, 0) is 12.8 Å². The molecule has 0 aromatic heterocycles. The molecule has 278 valence electrons. The van der Waals surface area contributed by atoms with E-state index in [0.717, 1.165) is 38.5 Å². The van der Waals surface area contributed by atoms with E-state index in [-0.39, 0.29) is 0 Å². The van der Waals surface area contributed by atoms with Crippen molar-refractivity contribution in [2.75, 3.05) is 6.61 Å². The molecule has 46 heavy (non-hydrogen) atoms. The summed E-state index contributed by atoms with van der Waals surface area (Å²) < 4.78 is 17.2. The van der Waals surface area contributed by atoms with E-state index >= 15 is 0 Å². The van der Waals surface area contributed by atoms with Gasteiger partial charge in [0.15, 0.2) is 0 Å². The van der Waals surface area contributed by atoms with Gasteiger partial charge in [0, 0.05) is 0 Å². The van der Waals surface area contributed by atoms with Crippen LogP contribution in [0.25, 0.3) is 0 Å². The quantitative estimate of drug-likeness (QED) is 0.0383. The highest BCUT2D eigenvalue weighted by Crippen LogP contribution is 2.46. The Kier molecular flexibility index (Phi) is 33.5. The first kappa shape index (κ1) is 46.0. The normalized spacial score (nSPS) is 13.1. The van der Waals surface area contributed by atoms with Crippen molar-refractivity contribution in [3.63, 3.8) is 0 Å². The molecular weight excluding hydrogens is 595 g/mol. The average molecular weight is 677 g/mol. The Morgan fingerprint density at radius 2 is 0.674 bits per heavy atom. The molecule has 0 radical (unpaired) electrons. The van der Waals surface area contributed by atoms with Crippen LogP contribution in [-0.4, -0.2) is 38.3 Å². The SMILES string of the molecule is CCCCCCCCCCCCCCCCCCC(CCCCCCCCCCCCCCCCCC)(OP(=O)(O)O)C(O)CO. The topological polar surface area (TPSA) is 107 Å². The molecule has 0 aliphatic rings. The van der Waals surface area contributed by atoms with E-state index in [1.165, 1.54) is 167 Å². The summed E-state index contributed by atoms with van der Waals surface area (Å²) in [4.78, 5) is 19.3. The summed E-state index contributed by atoms with van der Waals surface area (Å²) in [5.41, 5.74) is -1.39. The first-order chi connectivity index (χ1) is 22.3. The second kappa shape index (κ2) is 33.5. The van der Waals surface area contributed by atoms with Crippen molar-refractivity contribution in [3.8, 4) is 0 Å². The van der Waals surface area contributed by atoms with E-state index < -0.39 is 26.1 Å². The highest BCUT2D eigenvalue weighted by atomic mass is 31.2. The second-order valence-electron chi connectivity index (χ2n) is 14.5. The third-order valence-corrected chi connectivity index (χ3v) is 10.6. The Hall–Kier alpha value is 0.0300. The van der Waals surface area contributed by atoms with Crippen LogP contribution >= 0.6 is 7.82 Å². The summed E-state index contributed by atoms with van der Waals surface area (Å²) in [5, 5.41) is 20.4. The van der Waals surface area contributed by atoms with E-state index in [1.54, 1.807) is 0 Å². The lowest BCUT2D eigenvalue weighted by atomic mass is 9.85. The zero-order chi connectivity index (χ0) is 34.0. The van der Waals surface area contributed by atoms with Crippen LogP contribution in [0.3, 0.4) is 0 Å². The van der Waals surface area contributed by atoms with Crippen LogP contribution in [0.15, 0.2) is 0 Å². The number of hydrogen-bond donors (Lipinski definition) is 4. The van der Waals surface area contributed by atoms with Crippen molar-refractivity contribution in [1.29, 1.82) is 0 Å². The van der Waals surface area contributed by atoms with Gasteiger partial charge >= 0.3 is 7.82 Å². The van der Waals surface area contributed by atoms with E-state index in [2.05, 4.69) is 13.8 Å². The molecule has 4 N–H and O–H groups in total. The van der Waals surface area contributed by atoms with Crippen LogP contribution in [0.5, 0.6) is 0 Å². The molecule has 6 nitrogen and oxygen atoms in total. The predicted octanol–water partition coefficient (Wildman–Crippen LogP) is 12.5. The Morgan fingerprint density at radius 3 is 0.870 bits per heavy atom. The molecular formula is C39H81O6P. The zero-order valence-electron chi connectivity index (χ0n) is 30.9. The molecule has 0 amide bonds. The second-order valence-corrected chi connectivity index (χ2v) is 15.6. The summed E-state index contributed by atoms with van der Waals surface area (Å²) in [6.07, 6.45) is 39.7. The van der Waals surface area contributed by atoms with Crippen molar-refractivity contribution in [1.82, 2.24) is 0 Å². The molecule has 0 heterocycles. The van der Waals surface area contributed by atoms with Crippen LogP contribution in [0.1, 0.15) is 232 Å². The molecule has 0 fully saturated rings. The molecule has 0 saturated carbocycles. The lowest BCUT2D eigenvalue weighted by Crippen LogP contribution is -2.46. The van der Waals surface area contributed by atoms with Gasteiger partial charge in [-0.15, -0.1) is 0 Å². The third kappa shape index (κ3) is 30.1. The van der Waals surface area contributed by atoms with Crippen molar-refractivity contribution >= 4 is 7.82 Å². The maximum absolute atomic E-state index is 11.9. The van der Waals surface area contributed by atoms with Crippen molar-refractivity contribution < 1.29 is 29.1 Å². The van der Waals surface area contributed by atoms with Crippen LogP contribution in [0, 0.1) is 0 Å². The van der Waals surface area contributed by atoms with Crippen LogP contribution in [0.2, 0.25) is 0 Å². The van der Waals surface area contributed by atoms with Gasteiger partial charge in [0.25, 0.3) is 0 Å². The fourth-order valence-electron chi connectivity index (χ4n) is 6.96. The molecule has 0 bridgehead atoms. The van der Waals surface area contributed by atoms with Crippen LogP contribution < -0.4 is 0 Å². The molecule has 0 aliphatic heterocycles. The van der Waals surface area contributed by atoms with E-state index in [0.29, 0.717) is 12.8 Å². The van der Waals surface area contributed by atoms with Gasteiger partial charge in [-0.2, -0.15) is 0 Å². The molecule has 0 saturated heterocycles. The van der Waals surface area contributed by atoms with E-state index in [1.807, 2.05) is 0 Å². The summed E-state index contributed by atoms with van der Waals surface area (Å²) >= 11 is 0. The molecule has 0 rings (SSSR count). The van der Waals surface area contributed by atoms with Gasteiger partial charge in [-0.3, -0.25) is 4.52 Å². The number of aliphatic hydroxyl groups is 2. The average Bonchev–Trinajstić information content (AvgIpc) is 3.03. The maximum Gasteiger partial charge on any atom is 0.470 e. The first-order valence-corrected chi connectivity index (χ1v) is 21.9. The lowest BCUT2D eigenvalue weighted by molar-refractivity contribution is -0.0999. The predicted molar refractivity (Wildman–Crippen MR) is 197 cm³/mol. The van der Waals surface area contributed by atoms with Gasteiger partial charge in [0.2, 0.25) is 0 Å². The van der Waals surface area contributed by atoms with Crippen LogP contribution in [-0.2, 0) is 9.09 Å². The number of aliphatic hydroxyl groups excluding tert-OH is 2. The molecule has 0 spiro atoms. The number of unbranched alkanes of at least 4 members (excludes halogenated alkanes) is 30. The Morgan fingerprint density at radius 1 is 0.457 bits per heavy atom. The van der Waals surface area contributed by atoms with Crippen molar-refractivity contribution in [3.05, 3.63) is 0 Å². The molecule has 0 aromatic rings. The first-order valence-electron chi connectivity index (χ1n) is 20.4. The van der Waals surface area contributed by atoms with E-state index in [9.17, 15) is 24.6 Å². The minimum atomic E-state index is -4.81. The maximum atomic E-state index is 11.9. The standard InChI is InChI=1S/C39H81O6P/c1-3-5-7-9-11-13-15-17-19-21-23-25-27-29-31-33-35-39(38(41)37-40,45-46(42,43)44)36-34-32-30-28-26-24-22-20-18-16-14-12-10-8-6-4-2/h38,40-41H,3-37H2,1-2H3,(H2,42,43,44). The Balaban J connectivity index is 4.09. The molecule has 0 aliphatic carbocycles. The summed E-state index contributed by atoms with van der Waals surface area (Å²) in [5.74, 6) is 0. The van der Waals surface area contributed by atoms with Gasteiger partial charge in [-0.1, -0.05) is 219 Å². The molecule has 1 unspecified atom stereocenters. The summed E-state index contributed by atoms with van der Waals surface area (Å²) in [7, 11) is -4.81. The van der Waals surface area contributed by atoms with Gasteiger partial charge in [0.1, 0.15) is 11.7 Å². The lowest BCUT2D eigenvalue weighted by Gasteiger charge is -2.37. The Labute approximate surface area is 286 Å². The molecule has 0 aromatic carbocycles. The number of phosphoric acid groups is 1. The minimum absolute atomic E-state index is 0.358. The van der Waals surface area contributed by atoms with Gasteiger partial charge in [0.05, 0.1) is 6.61 Å². The number of phosphoric ester groups is 1. The highest BCUT2D eigenvalue weighted by molar-refractivity contribution is 7.46. The molecule has 1 atom stereocenters. The monoisotopic (exact) mass is 677 g/mol. The highest BCUT2D eigenvalue weighted by Gasteiger charge is 2.43. The summed E-state index contributed by atoms with van der Waals surface area (Å²) in [6.45, 7) is 3.98. The fraction of sp³-hybridized carbons (Fsp3) is 1.00. The number of hydrogen-bond acceptors (Lipinski definition) is 4. The smallest absolute Gasteiger partial charge is 0.394 e. The third-order valence-electron chi connectivity index (χ3n) is 9.99. The fourth-order valence-corrected chi connectivity index (χ4v) is 7.74. The zero-order valence-corrected chi connectivity index (χ0v) is 31.8. The molecule has 7 heteroatoms. The van der Waals surface area contributed by atoms with Crippen molar-refractivity contribution in [2.45, 2.75) is 244 Å². The van der Waals surface area contributed by atoms with Gasteiger partial charge < -0.3 is 20.0 Å². The number of rotatable bonds is 38. The van der Waals surface area contributed by atoms with Crippen LogP contribution in [0.4, 0.5) is 0 Å². The summed E-state index contributed by atoms with van der Waals surface area (Å²) in [6, 6.07) is 0. The Bertz CT molecular complexity index is 618. The van der Waals surface area contributed by atoms with Crippen molar-refractivity contribution in [2.24, 2.45) is 0 Å². The minimum Gasteiger partial charge on any atom is -0.394 e.